The molecule has 1 spiro atoms. The first-order valence-electron chi connectivity index (χ1n) is 5.15. The molecule has 3 nitrogen and oxygen atoms in total. The molecule has 4 heteroatoms. The summed E-state index contributed by atoms with van der Waals surface area (Å²) in [6, 6.07) is 7.97. The molecule has 1 amide bonds. The topological polar surface area (TPSA) is 52.9 Å². The van der Waals surface area contributed by atoms with E-state index >= 15 is 0 Å². The normalized spacial score (nSPS) is 30.5. The van der Waals surface area contributed by atoms with Gasteiger partial charge in [0, 0.05) is 22.0 Å². The van der Waals surface area contributed by atoms with Crippen LogP contribution in [0, 0.1) is 17.2 Å². The minimum absolute atomic E-state index is 0.0308. The van der Waals surface area contributed by atoms with Crippen molar-refractivity contribution in [2.45, 2.75) is 11.8 Å². The summed E-state index contributed by atoms with van der Waals surface area (Å²) in [4.78, 5) is 11.7. The molecule has 1 aromatic rings. The first-order valence-corrected chi connectivity index (χ1v) is 5.94. The predicted octanol–water partition coefficient (Wildman–Crippen LogP) is 1.97. The molecular weight excluding hydrogens is 268 g/mol. The van der Waals surface area contributed by atoms with Gasteiger partial charge in [-0.2, -0.15) is 5.26 Å². The van der Waals surface area contributed by atoms with Crippen LogP contribution >= 0.6 is 15.9 Å². The molecule has 2 aliphatic rings. The Bertz CT molecular complexity index is 534. The first kappa shape index (κ1) is 9.86. The van der Waals surface area contributed by atoms with E-state index in [-0.39, 0.29) is 17.2 Å². The van der Waals surface area contributed by atoms with E-state index in [1.54, 1.807) is 0 Å². The van der Waals surface area contributed by atoms with Crippen molar-refractivity contribution in [1.29, 1.82) is 5.26 Å². The molecule has 1 unspecified atom stereocenters. The first-order chi connectivity index (χ1) is 7.67. The molecule has 0 saturated heterocycles. The molecular formula is C12H9BrN2O. The average Bonchev–Trinajstić information content (AvgIpc) is 2.99. The van der Waals surface area contributed by atoms with Gasteiger partial charge in [-0.3, -0.25) is 4.79 Å². The third kappa shape index (κ3) is 1.15. The van der Waals surface area contributed by atoms with Gasteiger partial charge in [0.05, 0.1) is 12.0 Å². The number of hydrogen-bond acceptors (Lipinski definition) is 2. The number of nitrogens with one attached hydrogen (secondary N) is 1. The zero-order valence-electron chi connectivity index (χ0n) is 8.46. The Balaban J connectivity index is 2.18. The van der Waals surface area contributed by atoms with Crippen LogP contribution < -0.4 is 5.32 Å². The number of amides is 1. The van der Waals surface area contributed by atoms with E-state index < -0.39 is 0 Å². The second kappa shape index (κ2) is 3.08. The van der Waals surface area contributed by atoms with Crippen molar-refractivity contribution in [3.63, 3.8) is 0 Å². The molecule has 0 bridgehead atoms. The molecule has 1 fully saturated rings. The fraction of sp³-hybridized carbons (Fsp3) is 0.333. The van der Waals surface area contributed by atoms with E-state index in [1.807, 2.05) is 18.2 Å². The van der Waals surface area contributed by atoms with E-state index in [4.69, 9.17) is 5.26 Å². The van der Waals surface area contributed by atoms with Crippen molar-refractivity contribution in [1.82, 2.24) is 5.32 Å². The lowest BCUT2D eigenvalue weighted by atomic mass is 9.86. The molecule has 1 saturated carbocycles. The van der Waals surface area contributed by atoms with Crippen LogP contribution in [0.2, 0.25) is 0 Å². The largest absolute Gasteiger partial charge is 0.351 e. The van der Waals surface area contributed by atoms with Gasteiger partial charge in [0.25, 0.3) is 5.91 Å². The van der Waals surface area contributed by atoms with Gasteiger partial charge in [0.1, 0.15) is 0 Å². The van der Waals surface area contributed by atoms with Crippen LogP contribution in [0.1, 0.15) is 22.3 Å². The smallest absolute Gasteiger partial charge is 0.251 e. The monoisotopic (exact) mass is 276 g/mol. The summed E-state index contributed by atoms with van der Waals surface area (Å²) in [6.07, 6.45) is 0.854. The fourth-order valence-electron chi connectivity index (χ4n) is 2.52. The summed E-state index contributed by atoms with van der Waals surface area (Å²) in [5, 5.41) is 11.9. The van der Waals surface area contributed by atoms with Gasteiger partial charge in [0.2, 0.25) is 0 Å². The zero-order chi connectivity index (χ0) is 11.3. The number of carbonyl (C=O) groups excluding carboxylic acids is 1. The summed E-state index contributed by atoms with van der Waals surface area (Å²) in [6.45, 7) is 0.591. The van der Waals surface area contributed by atoms with Crippen LogP contribution in [0.25, 0.3) is 0 Å². The Morgan fingerprint density at radius 3 is 3.06 bits per heavy atom. The third-order valence-corrected chi connectivity index (χ3v) is 4.05. The number of fused-ring (bicyclic) bond motifs is 2. The van der Waals surface area contributed by atoms with Crippen molar-refractivity contribution in [2.24, 2.45) is 5.92 Å². The molecule has 80 valence electrons. The Labute approximate surface area is 102 Å². The highest BCUT2D eigenvalue weighted by atomic mass is 79.9. The second-order valence-corrected chi connectivity index (χ2v) is 5.33. The van der Waals surface area contributed by atoms with Gasteiger partial charge in [-0.05, 0) is 30.2 Å². The summed E-state index contributed by atoms with van der Waals surface area (Å²) in [5.74, 6) is 0.0119. The molecule has 1 aliphatic carbocycles. The van der Waals surface area contributed by atoms with Crippen LogP contribution in [-0.2, 0) is 5.41 Å². The minimum atomic E-state index is -0.123. The molecule has 3 rings (SSSR count). The number of hydrogen-bond donors (Lipinski definition) is 1. The van der Waals surface area contributed by atoms with Crippen molar-refractivity contribution >= 4 is 21.8 Å². The van der Waals surface area contributed by atoms with Gasteiger partial charge in [-0.25, -0.2) is 0 Å². The molecule has 16 heavy (non-hydrogen) atoms. The zero-order valence-corrected chi connectivity index (χ0v) is 10.0. The minimum Gasteiger partial charge on any atom is -0.351 e. The van der Waals surface area contributed by atoms with Crippen molar-refractivity contribution in [2.75, 3.05) is 6.54 Å². The van der Waals surface area contributed by atoms with Crippen molar-refractivity contribution in [3.8, 4) is 6.07 Å². The van der Waals surface area contributed by atoms with E-state index in [9.17, 15) is 4.79 Å². The molecule has 1 aromatic carbocycles. The van der Waals surface area contributed by atoms with Gasteiger partial charge in [-0.1, -0.05) is 15.9 Å². The van der Waals surface area contributed by atoms with E-state index in [0.29, 0.717) is 12.1 Å². The van der Waals surface area contributed by atoms with Gasteiger partial charge >= 0.3 is 0 Å². The van der Waals surface area contributed by atoms with Gasteiger partial charge in [-0.15, -0.1) is 0 Å². The van der Waals surface area contributed by atoms with E-state index in [1.165, 1.54) is 0 Å². The quantitative estimate of drug-likeness (QED) is 0.788. The number of halogens is 1. The van der Waals surface area contributed by atoms with Gasteiger partial charge in [0.15, 0.2) is 0 Å². The molecule has 0 aromatic heterocycles. The van der Waals surface area contributed by atoms with Crippen LogP contribution in [-0.4, -0.2) is 12.5 Å². The molecule has 1 aliphatic heterocycles. The van der Waals surface area contributed by atoms with E-state index in [0.717, 1.165) is 16.5 Å². The standard InChI is InChI=1S/C12H9BrN2O/c13-8-1-2-9-10(3-8)12(4-7(12)5-14)6-15-11(9)16/h1-3,7H,4,6H2,(H,15,16)/t7?,12-/m1/s1. The average molecular weight is 277 g/mol. The Kier molecular flexibility index (Phi) is 1.90. The highest BCUT2D eigenvalue weighted by molar-refractivity contribution is 9.10. The van der Waals surface area contributed by atoms with Crippen molar-refractivity contribution in [3.05, 3.63) is 33.8 Å². The lowest BCUT2D eigenvalue weighted by molar-refractivity contribution is 0.0936. The van der Waals surface area contributed by atoms with Gasteiger partial charge < -0.3 is 5.32 Å². The number of carbonyl (C=O) groups is 1. The number of nitriles is 1. The summed E-state index contributed by atoms with van der Waals surface area (Å²) >= 11 is 3.42. The maximum atomic E-state index is 11.7. The Morgan fingerprint density at radius 2 is 2.38 bits per heavy atom. The van der Waals surface area contributed by atoms with Crippen molar-refractivity contribution < 1.29 is 4.79 Å². The van der Waals surface area contributed by atoms with Crippen LogP contribution in [0.15, 0.2) is 22.7 Å². The highest BCUT2D eigenvalue weighted by Gasteiger charge is 2.58. The number of rotatable bonds is 0. The van der Waals surface area contributed by atoms with Crippen LogP contribution in [0.4, 0.5) is 0 Å². The molecule has 1 N–H and O–H groups in total. The summed E-state index contributed by atoms with van der Waals surface area (Å²) < 4.78 is 0.962. The summed E-state index contributed by atoms with van der Waals surface area (Å²) in [5.41, 5.74) is 1.62. The lowest BCUT2D eigenvalue weighted by Crippen LogP contribution is -2.40. The van der Waals surface area contributed by atoms with Crippen LogP contribution in [0.5, 0.6) is 0 Å². The molecule has 2 atom stereocenters. The van der Waals surface area contributed by atoms with E-state index in [2.05, 4.69) is 27.3 Å². The highest BCUT2D eigenvalue weighted by Crippen LogP contribution is 2.56. The maximum absolute atomic E-state index is 11.7. The lowest BCUT2D eigenvalue weighted by Gasteiger charge is -2.26. The predicted molar refractivity (Wildman–Crippen MR) is 61.9 cm³/mol. The SMILES string of the molecule is N#CC1C[C@@]12CNC(=O)c1ccc(Br)cc12. The molecule has 1 heterocycles. The fourth-order valence-corrected chi connectivity index (χ4v) is 2.88. The number of benzene rings is 1. The Morgan fingerprint density at radius 1 is 1.56 bits per heavy atom. The summed E-state index contributed by atoms with van der Waals surface area (Å²) in [7, 11) is 0. The number of nitrogens with zero attached hydrogens (tertiary/aromatic N) is 1. The molecule has 0 radical (unpaired) electrons. The van der Waals surface area contributed by atoms with Crippen LogP contribution in [0.3, 0.4) is 0 Å². The Hall–Kier alpha value is -1.34. The second-order valence-electron chi connectivity index (χ2n) is 4.41. The maximum Gasteiger partial charge on any atom is 0.251 e. The third-order valence-electron chi connectivity index (χ3n) is 3.56.